The van der Waals surface area contributed by atoms with Crippen LogP contribution in [0.4, 0.5) is 10.1 Å². The highest BCUT2D eigenvalue weighted by molar-refractivity contribution is 5.94. The van der Waals surface area contributed by atoms with E-state index in [-0.39, 0.29) is 11.7 Å². The fourth-order valence-electron chi connectivity index (χ4n) is 3.73. The average molecular weight is 336 g/mol. The molecule has 1 aromatic heterocycles. The first-order valence-electron chi connectivity index (χ1n) is 8.86. The van der Waals surface area contributed by atoms with Crippen LogP contribution >= 0.6 is 0 Å². The molecule has 25 heavy (non-hydrogen) atoms. The number of carbonyl (C=O) groups excluding carboxylic acids is 1. The lowest BCUT2D eigenvalue weighted by atomic mass is 10.0. The number of aryl methyl sites for hydroxylation is 2. The Morgan fingerprint density at radius 1 is 1.20 bits per heavy atom. The van der Waals surface area contributed by atoms with Crippen LogP contribution in [0.5, 0.6) is 0 Å². The van der Waals surface area contributed by atoms with Crippen molar-refractivity contribution in [2.24, 2.45) is 0 Å². The lowest BCUT2D eigenvalue weighted by Crippen LogP contribution is -2.35. The molecule has 1 amide bonds. The third-order valence-corrected chi connectivity index (χ3v) is 4.97. The van der Waals surface area contributed by atoms with Gasteiger partial charge in [0, 0.05) is 35.8 Å². The van der Waals surface area contributed by atoms with Crippen molar-refractivity contribution in [2.45, 2.75) is 32.1 Å². The molecule has 4 heteroatoms. The summed E-state index contributed by atoms with van der Waals surface area (Å²) in [7, 11) is 0. The van der Waals surface area contributed by atoms with Gasteiger partial charge in [-0.3, -0.25) is 4.79 Å². The summed E-state index contributed by atoms with van der Waals surface area (Å²) in [6.45, 7) is 0.727. The zero-order valence-electron chi connectivity index (χ0n) is 14.1. The number of rotatable bonds is 4. The van der Waals surface area contributed by atoms with E-state index in [1.54, 1.807) is 12.1 Å². The molecule has 0 saturated carbocycles. The van der Waals surface area contributed by atoms with Gasteiger partial charge in [0.2, 0.25) is 5.91 Å². The molecule has 0 fully saturated rings. The van der Waals surface area contributed by atoms with Crippen molar-refractivity contribution in [3.05, 3.63) is 65.6 Å². The summed E-state index contributed by atoms with van der Waals surface area (Å²) in [6, 6.07) is 13.0. The van der Waals surface area contributed by atoms with E-state index in [1.165, 1.54) is 17.0 Å². The summed E-state index contributed by atoms with van der Waals surface area (Å²) < 4.78 is 13.4. The van der Waals surface area contributed by atoms with Gasteiger partial charge in [0.25, 0.3) is 0 Å². The van der Waals surface area contributed by atoms with E-state index in [2.05, 4.69) is 17.1 Å². The molecule has 1 N–H and O–H groups in total. The van der Waals surface area contributed by atoms with E-state index < -0.39 is 0 Å². The average Bonchev–Trinajstić information content (AvgIpc) is 3.04. The number of H-pyrrole nitrogens is 1. The number of benzene rings is 2. The van der Waals surface area contributed by atoms with Crippen LogP contribution in [0.1, 0.15) is 30.4 Å². The first-order chi connectivity index (χ1) is 12.2. The quantitative estimate of drug-likeness (QED) is 0.742. The maximum Gasteiger partial charge on any atom is 0.226 e. The number of aromatic amines is 1. The number of amides is 1. The van der Waals surface area contributed by atoms with Crippen LogP contribution in [0.15, 0.2) is 48.7 Å². The fourth-order valence-corrected chi connectivity index (χ4v) is 3.73. The van der Waals surface area contributed by atoms with Crippen molar-refractivity contribution in [3.63, 3.8) is 0 Å². The van der Waals surface area contributed by atoms with Gasteiger partial charge in [0.05, 0.1) is 0 Å². The highest BCUT2D eigenvalue weighted by atomic mass is 19.1. The Labute approximate surface area is 146 Å². The number of carbonyl (C=O) groups is 1. The highest BCUT2D eigenvalue weighted by Crippen LogP contribution is 2.28. The van der Waals surface area contributed by atoms with Crippen molar-refractivity contribution in [1.29, 1.82) is 0 Å². The number of halogens is 1. The minimum absolute atomic E-state index is 0.132. The minimum atomic E-state index is -0.229. The van der Waals surface area contributed by atoms with Gasteiger partial charge in [-0.25, -0.2) is 4.39 Å². The Kier molecular flexibility index (Phi) is 4.26. The third kappa shape index (κ3) is 3.16. The van der Waals surface area contributed by atoms with Gasteiger partial charge in [-0.2, -0.15) is 0 Å². The van der Waals surface area contributed by atoms with Crippen LogP contribution in [0.3, 0.4) is 0 Å². The predicted molar refractivity (Wildman–Crippen MR) is 98.3 cm³/mol. The number of nitrogens with one attached hydrogen (secondary N) is 1. The molecule has 0 saturated heterocycles. The van der Waals surface area contributed by atoms with Crippen LogP contribution < -0.4 is 4.90 Å². The standard InChI is InChI=1S/C21H21FN2O/c22-17-10-11-20-15(13-17)6-4-12-24(20)21(25)9-3-5-16-14-23-19-8-2-1-7-18(16)19/h1-2,7-8,10-11,13-14,23H,3-6,9,12H2. The Morgan fingerprint density at radius 2 is 2.08 bits per heavy atom. The summed E-state index contributed by atoms with van der Waals surface area (Å²) >= 11 is 0. The zero-order chi connectivity index (χ0) is 17.2. The molecule has 0 atom stereocenters. The van der Waals surface area contributed by atoms with Gasteiger partial charge in [0.1, 0.15) is 5.82 Å². The number of aromatic nitrogens is 1. The van der Waals surface area contributed by atoms with Crippen molar-refractivity contribution in [2.75, 3.05) is 11.4 Å². The summed E-state index contributed by atoms with van der Waals surface area (Å²) in [5.74, 6) is -0.0974. The summed E-state index contributed by atoms with van der Waals surface area (Å²) in [5, 5.41) is 1.23. The number of fused-ring (bicyclic) bond motifs is 2. The van der Waals surface area contributed by atoms with Gasteiger partial charge in [-0.05, 0) is 61.1 Å². The van der Waals surface area contributed by atoms with Crippen LogP contribution in [0, 0.1) is 5.82 Å². The first-order valence-corrected chi connectivity index (χ1v) is 8.86. The summed E-state index contributed by atoms with van der Waals surface area (Å²) in [6.07, 6.45) is 5.97. The summed E-state index contributed by atoms with van der Waals surface area (Å²) in [5.41, 5.74) is 4.21. The molecular weight excluding hydrogens is 315 g/mol. The van der Waals surface area contributed by atoms with Crippen LogP contribution in [0.25, 0.3) is 10.9 Å². The minimum Gasteiger partial charge on any atom is -0.361 e. The van der Waals surface area contributed by atoms with E-state index >= 15 is 0 Å². The van der Waals surface area contributed by atoms with Gasteiger partial charge in [-0.15, -0.1) is 0 Å². The molecule has 2 heterocycles. The van der Waals surface area contributed by atoms with Gasteiger partial charge >= 0.3 is 0 Å². The molecule has 0 bridgehead atoms. The van der Waals surface area contributed by atoms with E-state index in [9.17, 15) is 9.18 Å². The fraction of sp³-hybridized carbons (Fsp3) is 0.286. The Hall–Kier alpha value is -2.62. The molecule has 1 aliphatic rings. The van der Waals surface area contributed by atoms with E-state index in [0.29, 0.717) is 6.42 Å². The van der Waals surface area contributed by atoms with Crippen molar-refractivity contribution >= 4 is 22.5 Å². The molecule has 0 aliphatic carbocycles. The Balaban J connectivity index is 1.42. The molecule has 0 spiro atoms. The van der Waals surface area contributed by atoms with Gasteiger partial charge < -0.3 is 9.88 Å². The molecule has 3 nitrogen and oxygen atoms in total. The van der Waals surface area contributed by atoms with Crippen molar-refractivity contribution < 1.29 is 9.18 Å². The Bertz CT molecular complexity index is 915. The zero-order valence-corrected chi connectivity index (χ0v) is 14.1. The number of anilines is 1. The molecule has 4 rings (SSSR count). The number of para-hydroxylation sites is 1. The maximum absolute atomic E-state index is 13.4. The number of nitrogens with zero attached hydrogens (tertiary/aromatic N) is 1. The topological polar surface area (TPSA) is 36.1 Å². The Morgan fingerprint density at radius 3 is 3.00 bits per heavy atom. The van der Waals surface area contributed by atoms with E-state index in [4.69, 9.17) is 0 Å². The lowest BCUT2D eigenvalue weighted by molar-refractivity contribution is -0.118. The van der Waals surface area contributed by atoms with Gasteiger partial charge in [0.15, 0.2) is 0 Å². The predicted octanol–water partition coefficient (Wildman–Crippen LogP) is 4.61. The lowest BCUT2D eigenvalue weighted by Gasteiger charge is -2.29. The molecule has 2 aromatic carbocycles. The molecule has 128 valence electrons. The first kappa shape index (κ1) is 15.9. The van der Waals surface area contributed by atoms with Crippen LogP contribution in [-0.4, -0.2) is 17.4 Å². The molecule has 3 aromatic rings. The van der Waals surface area contributed by atoms with E-state index in [1.807, 2.05) is 23.2 Å². The normalized spacial score (nSPS) is 13.9. The van der Waals surface area contributed by atoms with Gasteiger partial charge in [-0.1, -0.05) is 18.2 Å². The SMILES string of the molecule is O=C(CCCc1c[nH]c2ccccc12)N1CCCc2cc(F)ccc21. The number of hydrogen-bond acceptors (Lipinski definition) is 1. The smallest absolute Gasteiger partial charge is 0.226 e. The summed E-state index contributed by atoms with van der Waals surface area (Å²) in [4.78, 5) is 17.8. The molecule has 0 radical (unpaired) electrons. The second kappa shape index (κ2) is 6.71. The molecule has 1 aliphatic heterocycles. The second-order valence-corrected chi connectivity index (χ2v) is 6.64. The van der Waals surface area contributed by atoms with E-state index in [0.717, 1.165) is 49.0 Å². The molecule has 0 unspecified atom stereocenters. The van der Waals surface area contributed by atoms with Crippen molar-refractivity contribution in [1.82, 2.24) is 4.98 Å². The van der Waals surface area contributed by atoms with Crippen LogP contribution in [-0.2, 0) is 17.6 Å². The molecular formula is C21H21FN2O. The monoisotopic (exact) mass is 336 g/mol. The van der Waals surface area contributed by atoms with Crippen LogP contribution in [0.2, 0.25) is 0 Å². The highest BCUT2D eigenvalue weighted by Gasteiger charge is 2.22. The van der Waals surface area contributed by atoms with Crippen molar-refractivity contribution in [3.8, 4) is 0 Å². The second-order valence-electron chi connectivity index (χ2n) is 6.64. The maximum atomic E-state index is 13.4. The largest absolute Gasteiger partial charge is 0.361 e. The third-order valence-electron chi connectivity index (χ3n) is 4.97. The number of hydrogen-bond donors (Lipinski definition) is 1.